The van der Waals surface area contributed by atoms with E-state index < -0.39 is 5.60 Å². The van der Waals surface area contributed by atoms with E-state index >= 15 is 0 Å². The lowest BCUT2D eigenvalue weighted by atomic mass is 9.80. The van der Waals surface area contributed by atoms with Crippen LogP contribution in [0.1, 0.15) is 53.9 Å². The number of alkyl carbamates (subject to hydrolysis) is 1. The Hall–Kier alpha value is -0.730. The van der Waals surface area contributed by atoms with Gasteiger partial charge >= 0.3 is 6.09 Å². The van der Waals surface area contributed by atoms with Crippen LogP contribution in [0.15, 0.2) is 0 Å². The Kier molecular flexibility index (Phi) is 4.22. The van der Waals surface area contributed by atoms with Crippen LogP contribution in [0.2, 0.25) is 0 Å². The van der Waals surface area contributed by atoms with Gasteiger partial charge in [0.1, 0.15) is 5.60 Å². The summed E-state index contributed by atoms with van der Waals surface area (Å²) in [6, 6.07) is 0.286. The zero-order valence-electron chi connectivity index (χ0n) is 11.2. The first-order valence-electron chi connectivity index (χ1n) is 6.26. The van der Waals surface area contributed by atoms with Gasteiger partial charge in [0.15, 0.2) is 0 Å². The Labute approximate surface area is 98.9 Å². The molecular weight excluding hydrogens is 202 g/mol. The summed E-state index contributed by atoms with van der Waals surface area (Å²) >= 11 is 0. The minimum Gasteiger partial charge on any atom is -0.444 e. The van der Waals surface area contributed by atoms with Gasteiger partial charge in [-0.1, -0.05) is 13.8 Å². The molecule has 0 aromatic heterocycles. The number of carbonyl (C=O) groups is 1. The highest BCUT2D eigenvalue weighted by Gasteiger charge is 2.26. The Morgan fingerprint density at radius 3 is 2.06 bits per heavy atom. The summed E-state index contributed by atoms with van der Waals surface area (Å²) in [5.74, 6) is 1.40. The number of carbonyl (C=O) groups excluding carboxylic acids is 1. The summed E-state index contributed by atoms with van der Waals surface area (Å²) in [4.78, 5) is 11.6. The SMILES string of the molecule is CC1CC(C)CC(NC(=O)OC(C)(C)C)C1. The van der Waals surface area contributed by atoms with E-state index in [0.29, 0.717) is 11.8 Å². The number of hydrogen-bond acceptors (Lipinski definition) is 2. The molecule has 0 radical (unpaired) electrons. The van der Waals surface area contributed by atoms with E-state index in [1.54, 1.807) is 0 Å². The predicted octanol–water partition coefficient (Wildman–Crippen LogP) is 3.34. The van der Waals surface area contributed by atoms with Crippen molar-refractivity contribution in [2.75, 3.05) is 0 Å². The Bertz CT molecular complexity index is 235. The lowest BCUT2D eigenvalue weighted by Gasteiger charge is -2.32. The van der Waals surface area contributed by atoms with Crippen molar-refractivity contribution < 1.29 is 9.53 Å². The van der Waals surface area contributed by atoms with Crippen molar-refractivity contribution in [1.82, 2.24) is 5.32 Å². The van der Waals surface area contributed by atoms with Gasteiger partial charge < -0.3 is 10.1 Å². The van der Waals surface area contributed by atoms with E-state index in [0.717, 1.165) is 12.8 Å². The van der Waals surface area contributed by atoms with Crippen LogP contribution < -0.4 is 5.32 Å². The van der Waals surface area contributed by atoms with Gasteiger partial charge in [-0.25, -0.2) is 4.79 Å². The van der Waals surface area contributed by atoms with E-state index in [1.165, 1.54) is 6.42 Å². The van der Waals surface area contributed by atoms with Gasteiger partial charge in [0.05, 0.1) is 0 Å². The van der Waals surface area contributed by atoms with Crippen LogP contribution in [0.5, 0.6) is 0 Å². The molecule has 3 nitrogen and oxygen atoms in total. The first-order valence-corrected chi connectivity index (χ1v) is 6.26. The van der Waals surface area contributed by atoms with Crippen molar-refractivity contribution in [3.63, 3.8) is 0 Å². The number of hydrogen-bond donors (Lipinski definition) is 1. The summed E-state index contributed by atoms with van der Waals surface area (Å²) in [7, 11) is 0. The maximum absolute atomic E-state index is 11.6. The van der Waals surface area contributed by atoms with Crippen LogP contribution in [-0.2, 0) is 4.74 Å². The van der Waals surface area contributed by atoms with Gasteiger partial charge in [0.2, 0.25) is 0 Å². The topological polar surface area (TPSA) is 38.3 Å². The van der Waals surface area contributed by atoms with Crippen LogP contribution in [0.3, 0.4) is 0 Å². The number of ether oxygens (including phenoxy) is 1. The van der Waals surface area contributed by atoms with Crippen molar-refractivity contribution >= 4 is 6.09 Å². The normalized spacial score (nSPS) is 30.9. The standard InChI is InChI=1S/C13H25NO2/c1-9-6-10(2)8-11(7-9)14-12(15)16-13(3,4)5/h9-11H,6-8H2,1-5H3,(H,14,15). The summed E-state index contributed by atoms with van der Waals surface area (Å²) in [5.41, 5.74) is -0.407. The third-order valence-electron chi connectivity index (χ3n) is 2.90. The fraction of sp³-hybridized carbons (Fsp3) is 0.923. The molecule has 1 aliphatic rings. The quantitative estimate of drug-likeness (QED) is 0.746. The highest BCUT2D eigenvalue weighted by molar-refractivity contribution is 5.68. The largest absolute Gasteiger partial charge is 0.444 e. The van der Waals surface area contributed by atoms with Crippen LogP contribution in [-0.4, -0.2) is 17.7 Å². The summed E-state index contributed by atoms with van der Waals surface area (Å²) in [5, 5.41) is 2.98. The van der Waals surface area contributed by atoms with Crippen molar-refractivity contribution in [1.29, 1.82) is 0 Å². The molecule has 1 saturated carbocycles. The first kappa shape index (κ1) is 13.3. The van der Waals surface area contributed by atoms with Gasteiger partial charge in [0, 0.05) is 6.04 Å². The first-order chi connectivity index (χ1) is 7.26. The fourth-order valence-electron chi connectivity index (χ4n) is 2.54. The third kappa shape index (κ3) is 4.86. The molecule has 0 heterocycles. The average Bonchev–Trinajstić information content (AvgIpc) is 1.96. The lowest BCUT2D eigenvalue weighted by Crippen LogP contribution is -2.42. The van der Waals surface area contributed by atoms with E-state index in [4.69, 9.17) is 4.74 Å². The second kappa shape index (κ2) is 5.07. The summed E-state index contributed by atoms with van der Waals surface area (Å²) < 4.78 is 5.26. The Morgan fingerprint density at radius 1 is 1.12 bits per heavy atom. The van der Waals surface area contributed by atoms with Crippen molar-refractivity contribution in [3.05, 3.63) is 0 Å². The molecule has 1 fully saturated rings. The molecule has 0 saturated heterocycles. The minimum atomic E-state index is -0.407. The second-order valence-corrected chi connectivity index (χ2v) is 6.26. The van der Waals surface area contributed by atoms with Crippen molar-refractivity contribution in [3.8, 4) is 0 Å². The molecular formula is C13H25NO2. The van der Waals surface area contributed by atoms with Crippen molar-refractivity contribution in [2.45, 2.75) is 65.5 Å². The summed E-state index contributed by atoms with van der Waals surface area (Å²) in [6.45, 7) is 10.2. The molecule has 3 heteroatoms. The van der Waals surface area contributed by atoms with Crippen LogP contribution in [0.25, 0.3) is 0 Å². The summed E-state index contributed by atoms with van der Waals surface area (Å²) in [6.07, 6.45) is 3.14. The molecule has 0 spiro atoms. The molecule has 0 bridgehead atoms. The zero-order valence-corrected chi connectivity index (χ0v) is 11.2. The molecule has 0 aliphatic heterocycles. The maximum Gasteiger partial charge on any atom is 0.407 e. The average molecular weight is 227 g/mol. The smallest absolute Gasteiger partial charge is 0.407 e. The van der Waals surface area contributed by atoms with Gasteiger partial charge in [0.25, 0.3) is 0 Å². The number of nitrogens with one attached hydrogen (secondary N) is 1. The molecule has 1 aliphatic carbocycles. The maximum atomic E-state index is 11.6. The lowest BCUT2D eigenvalue weighted by molar-refractivity contribution is 0.0476. The molecule has 94 valence electrons. The predicted molar refractivity (Wildman–Crippen MR) is 65.3 cm³/mol. The van der Waals surface area contributed by atoms with Gasteiger partial charge in [-0.3, -0.25) is 0 Å². The van der Waals surface area contributed by atoms with Crippen LogP contribution >= 0.6 is 0 Å². The van der Waals surface area contributed by atoms with E-state index in [-0.39, 0.29) is 12.1 Å². The minimum absolute atomic E-state index is 0.279. The molecule has 0 aromatic carbocycles. The van der Waals surface area contributed by atoms with Crippen molar-refractivity contribution in [2.24, 2.45) is 11.8 Å². The second-order valence-electron chi connectivity index (χ2n) is 6.26. The van der Waals surface area contributed by atoms with E-state index in [1.807, 2.05) is 20.8 Å². The monoisotopic (exact) mass is 227 g/mol. The molecule has 2 unspecified atom stereocenters. The molecule has 1 N–H and O–H groups in total. The Morgan fingerprint density at radius 2 is 1.62 bits per heavy atom. The van der Waals surface area contributed by atoms with Gasteiger partial charge in [-0.05, 0) is 51.9 Å². The zero-order chi connectivity index (χ0) is 12.3. The van der Waals surface area contributed by atoms with Crippen LogP contribution in [0, 0.1) is 11.8 Å². The van der Waals surface area contributed by atoms with Gasteiger partial charge in [-0.2, -0.15) is 0 Å². The number of rotatable bonds is 1. The van der Waals surface area contributed by atoms with E-state index in [9.17, 15) is 4.79 Å². The number of amides is 1. The highest BCUT2D eigenvalue weighted by Crippen LogP contribution is 2.28. The Balaban J connectivity index is 2.39. The molecule has 0 aromatic rings. The van der Waals surface area contributed by atoms with E-state index in [2.05, 4.69) is 19.2 Å². The highest BCUT2D eigenvalue weighted by atomic mass is 16.6. The molecule has 2 atom stereocenters. The third-order valence-corrected chi connectivity index (χ3v) is 2.90. The molecule has 16 heavy (non-hydrogen) atoms. The molecule has 1 rings (SSSR count). The molecule has 1 amide bonds. The van der Waals surface area contributed by atoms with Gasteiger partial charge in [-0.15, -0.1) is 0 Å². The van der Waals surface area contributed by atoms with Crippen LogP contribution in [0.4, 0.5) is 4.79 Å². The fourth-order valence-corrected chi connectivity index (χ4v) is 2.54.